The highest BCUT2D eigenvalue weighted by Crippen LogP contribution is 2.28. The Balaban J connectivity index is 2.03. The Morgan fingerprint density at radius 3 is 3.07 bits per heavy atom. The number of hydrogen-bond donors (Lipinski definition) is 1. The SMILES string of the molecule is O=C(O)CCC1CC(=O)c2ccoc2C1. The van der Waals surface area contributed by atoms with Crippen LogP contribution < -0.4 is 0 Å². The van der Waals surface area contributed by atoms with E-state index in [2.05, 4.69) is 0 Å². The van der Waals surface area contributed by atoms with Gasteiger partial charge in [0.1, 0.15) is 5.76 Å². The number of furan rings is 1. The number of rotatable bonds is 3. The van der Waals surface area contributed by atoms with Crippen LogP contribution in [-0.4, -0.2) is 16.9 Å². The van der Waals surface area contributed by atoms with E-state index in [0.717, 1.165) is 0 Å². The topological polar surface area (TPSA) is 67.5 Å². The van der Waals surface area contributed by atoms with Gasteiger partial charge in [0, 0.05) is 19.3 Å². The molecule has 0 amide bonds. The second-order valence-corrected chi connectivity index (χ2v) is 3.89. The number of carbonyl (C=O) groups excluding carboxylic acids is 1. The predicted octanol–water partition coefficient (Wildman–Crippen LogP) is 1.89. The summed E-state index contributed by atoms with van der Waals surface area (Å²) < 4.78 is 5.20. The third-order valence-electron chi connectivity index (χ3n) is 2.76. The van der Waals surface area contributed by atoms with Gasteiger partial charge in [0.15, 0.2) is 5.78 Å². The van der Waals surface area contributed by atoms with Gasteiger partial charge in [-0.3, -0.25) is 9.59 Å². The zero-order valence-corrected chi connectivity index (χ0v) is 8.23. The van der Waals surface area contributed by atoms with Crippen LogP contribution in [0.1, 0.15) is 35.4 Å². The molecule has 1 unspecified atom stereocenters. The maximum absolute atomic E-state index is 11.6. The van der Waals surface area contributed by atoms with Crippen molar-refractivity contribution < 1.29 is 19.1 Å². The minimum absolute atomic E-state index is 0.0698. The van der Waals surface area contributed by atoms with E-state index in [1.165, 1.54) is 6.26 Å². The fourth-order valence-electron chi connectivity index (χ4n) is 1.99. The number of carbonyl (C=O) groups is 2. The van der Waals surface area contributed by atoms with Gasteiger partial charge in [-0.1, -0.05) is 0 Å². The van der Waals surface area contributed by atoms with Crippen molar-refractivity contribution in [3.8, 4) is 0 Å². The molecule has 2 rings (SSSR count). The van der Waals surface area contributed by atoms with Gasteiger partial charge in [-0.25, -0.2) is 0 Å². The Hall–Kier alpha value is -1.58. The first-order valence-corrected chi connectivity index (χ1v) is 4.98. The van der Waals surface area contributed by atoms with E-state index in [0.29, 0.717) is 30.6 Å². The first-order valence-electron chi connectivity index (χ1n) is 4.98. The molecule has 1 heterocycles. The Morgan fingerprint density at radius 1 is 1.53 bits per heavy atom. The molecule has 0 saturated carbocycles. The van der Waals surface area contributed by atoms with E-state index in [9.17, 15) is 9.59 Å². The maximum atomic E-state index is 11.6. The summed E-state index contributed by atoms with van der Waals surface area (Å²) in [5.74, 6) is 0.0852. The van der Waals surface area contributed by atoms with Crippen molar-refractivity contribution in [2.75, 3.05) is 0 Å². The van der Waals surface area contributed by atoms with Crippen LogP contribution in [0.3, 0.4) is 0 Å². The van der Waals surface area contributed by atoms with Crippen LogP contribution in [0, 0.1) is 5.92 Å². The molecule has 0 bridgehead atoms. The fourth-order valence-corrected chi connectivity index (χ4v) is 1.99. The molecular weight excluding hydrogens is 196 g/mol. The standard InChI is InChI=1S/C11H12O4/c12-9-5-7(1-2-11(13)14)6-10-8(9)3-4-15-10/h3-4,7H,1-2,5-6H2,(H,13,14). The molecule has 80 valence electrons. The number of hydrogen-bond acceptors (Lipinski definition) is 3. The maximum Gasteiger partial charge on any atom is 0.303 e. The molecule has 1 aliphatic carbocycles. The van der Waals surface area contributed by atoms with Crippen molar-refractivity contribution in [1.29, 1.82) is 0 Å². The third kappa shape index (κ3) is 2.09. The van der Waals surface area contributed by atoms with Gasteiger partial charge < -0.3 is 9.52 Å². The van der Waals surface area contributed by atoms with Crippen molar-refractivity contribution in [2.24, 2.45) is 5.92 Å². The lowest BCUT2D eigenvalue weighted by molar-refractivity contribution is -0.137. The van der Waals surface area contributed by atoms with Crippen molar-refractivity contribution >= 4 is 11.8 Å². The van der Waals surface area contributed by atoms with E-state index in [1.54, 1.807) is 6.07 Å². The molecule has 1 aliphatic rings. The molecule has 0 aliphatic heterocycles. The van der Waals surface area contributed by atoms with Gasteiger partial charge in [-0.2, -0.15) is 0 Å². The second kappa shape index (κ2) is 3.88. The number of ketones is 1. The van der Waals surface area contributed by atoms with Crippen LogP contribution in [-0.2, 0) is 11.2 Å². The molecule has 1 aromatic rings. The molecule has 15 heavy (non-hydrogen) atoms. The van der Waals surface area contributed by atoms with E-state index in [1.807, 2.05) is 0 Å². The molecule has 1 N–H and O–H groups in total. The van der Waals surface area contributed by atoms with Crippen LogP contribution in [0.25, 0.3) is 0 Å². The van der Waals surface area contributed by atoms with E-state index in [-0.39, 0.29) is 18.1 Å². The Bertz CT molecular complexity index is 391. The first-order chi connectivity index (χ1) is 7.16. The second-order valence-electron chi connectivity index (χ2n) is 3.89. The summed E-state index contributed by atoms with van der Waals surface area (Å²) in [5.41, 5.74) is 0.668. The molecule has 0 aromatic carbocycles. The highest BCUT2D eigenvalue weighted by molar-refractivity contribution is 5.98. The summed E-state index contributed by atoms with van der Waals surface area (Å²) in [4.78, 5) is 22.0. The molecule has 0 spiro atoms. The summed E-state index contributed by atoms with van der Waals surface area (Å²) in [6.07, 6.45) is 3.30. The van der Waals surface area contributed by atoms with Gasteiger partial charge in [0.2, 0.25) is 0 Å². The smallest absolute Gasteiger partial charge is 0.303 e. The highest BCUT2D eigenvalue weighted by atomic mass is 16.4. The zero-order chi connectivity index (χ0) is 10.8. The lowest BCUT2D eigenvalue weighted by Gasteiger charge is -2.19. The minimum atomic E-state index is -0.812. The molecule has 0 radical (unpaired) electrons. The lowest BCUT2D eigenvalue weighted by Crippen LogP contribution is -2.19. The van der Waals surface area contributed by atoms with Crippen LogP contribution in [0.5, 0.6) is 0 Å². The average Bonchev–Trinajstić information content (AvgIpc) is 2.63. The molecule has 0 saturated heterocycles. The van der Waals surface area contributed by atoms with Crippen molar-refractivity contribution in [3.05, 3.63) is 23.7 Å². The summed E-state index contributed by atoms with van der Waals surface area (Å²) in [6.45, 7) is 0. The van der Waals surface area contributed by atoms with Gasteiger partial charge in [-0.15, -0.1) is 0 Å². The van der Waals surface area contributed by atoms with Gasteiger partial charge in [-0.05, 0) is 18.4 Å². The average molecular weight is 208 g/mol. The van der Waals surface area contributed by atoms with Crippen molar-refractivity contribution in [2.45, 2.75) is 25.7 Å². The fraction of sp³-hybridized carbons (Fsp3) is 0.455. The molecule has 1 aromatic heterocycles. The molecule has 0 fully saturated rings. The van der Waals surface area contributed by atoms with Gasteiger partial charge in [0.25, 0.3) is 0 Å². The zero-order valence-electron chi connectivity index (χ0n) is 8.23. The highest BCUT2D eigenvalue weighted by Gasteiger charge is 2.27. The predicted molar refractivity (Wildman–Crippen MR) is 51.7 cm³/mol. The van der Waals surface area contributed by atoms with Crippen molar-refractivity contribution in [1.82, 2.24) is 0 Å². The van der Waals surface area contributed by atoms with Crippen LogP contribution >= 0.6 is 0 Å². The van der Waals surface area contributed by atoms with E-state index >= 15 is 0 Å². The molecule has 4 heteroatoms. The third-order valence-corrected chi connectivity index (χ3v) is 2.76. The van der Waals surface area contributed by atoms with Gasteiger partial charge >= 0.3 is 5.97 Å². The number of aliphatic carboxylic acids is 1. The summed E-state index contributed by atoms with van der Waals surface area (Å²) >= 11 is 0. The normalized spacial score (nSPS) is 20.0. The number of carboxylic acid groups (broad SMARTS) is 1. The Kier molecular flexibility index (Phi) is 2.58. The quantitative estimate of drug-likeness (QED) is 0.823. The molecule has 4 nitrogen and oxygen atoms in total. The Labute approximate surface area is 86.9 Å². The molecule has 1 atom stereocenters. The van der Waals surface area contributed by atoms with Crippen molar-refractivity contribution in [3.63, 3.8) is 0 Å². The van der Waals surface area contributed by atoms with Gasteiger partial charge in [0.05, 0.1) is 11.8 Å². The minimum Gasteiger partial charge on any atom is -0.481 e. The lowest BCUT2D eigenvalue weighted by atomic mass is 9.85. The van der Waals surface area contributed by atoms with Crippen LogP contribution in [0.15, 0.2) is 16.7 Å². The number of Topliss-reactive ketones (excluding diaryl/α,β-unsaturated/α-hetero) is 1. The Morgan fingerprint density at radius 2 is 2.33 bits per heavy atom. The summed E-state index contributed by atoms with van der Waals surface area (Å²) in [6, 6.07) is 1.69. The van der Waals surface area contributed by atoms with Crippen LogP contribution in [0.4, 0.5) is 0 Å². The summed E-state index contributed by atoms with van der Waals surface area (Å²) in [5, 5.41) is 8.56. The van der Waals surface area contributed by atoms with Crippen LogP contribution in [0.2, 0.25) is 0 Å². The van der Waals surface area contributed by atoms with E-state index < -0.39 is 5.97 Å². The monoisotopic (exact) mass is 208 g/mol. The number of fused-ring (bicyclic) bond motifs is 1. The largest absolute Gasteiger partial charge is 0.481 e. The summed E-state index contributed by atoms with van der Waals surface area (Å²) in [7, 11) is 0. The molecular formula is C11H12O4. The number of carboxylic acids is 1. The first kappa shape index (κ1) is 9.96. The van der Waals surface area contributed by atoms with E-state index in [4.69, 9.17) is 9.52 Å².